The van der Waals surface area contributed by atoms with Gasteiger partial charge in [-0.2, -0.15) is 5.10 Å². The van der Waals surface area contributed by atoms with Gasteiger partial charge >= 0.3 is 0 Å². The van der Waals surface area contributed by atoms with Crippen LogP contribution < -0.4 is 5.32 Å². The minimum absolute atomic E-state index is 0.120. The molecule has 0 bridgehead atoms. The molecule has 2 heterocycles. The van der Waals surface area contributed by atoms with Crippen molar-refractivity contribution in [2.45, 2.75) is 51.6 Å². The van der Waals surface area contributed by atoms with Crippen molar-refractivity contribution in [3.8, 4) is 0 Å². The predicted molar refractivity (Wildman–Crippen MR) is 79.3 cm³/mol. The van der Waals surface area contributed by atoms with Crippen LogP contribution in [0.25, 0.3) is 0 Å². The Labute approximate surface area is 117 Å². The number of hydrogen-bond acceptors (Lipinski definition) is 3. The molecule has 1 unspecified atom stereocenters. The minimum Gasteiger partial charge on any atom is -0.316 e. The average molecular weight is 264 g/mol. The third kappa shape index (κ3) is 3.57. The minimum atomic E-state index is 0.120. The van der Waals surface area contributed by atoms with Gasteiger partial charge in [0, 0.05) is 43.4 Å². The lowest BCUT2D eigenvalue weighted by molar-refractivity contribution is 0.187. The van der Waals surface area contributed by atoms with E-state index in [-0.39, 0.29) is 5.41 Å². The van der Waals surface area contributed by atoms with Gasteiger partial charge in [-0.15, -0.1) is 0 Å². The van der Waals surface area contributed by atoms with Gasteiger partial charge in [0.1, 0.15) is 0 Å². The van der Waals surface area contributed by atoms with E-state index in [0.717, 1.165) is 13.1 Å². The van der Waals surface area contributed by atoms with Gasteiger partial charge in [-0.05, 0) is 26.4 Å². The molecule has 1 N–H and O–H groups in total. The summed E-state index contributed by atoms with van der Waals surface area (Å²) in [5, 5.41) is 8.07. The van der Waals surface area contributed by atoms with Crippen molar-refractivity contribution in [1.82, 2.24) is 20.0 Å². The first-order chi connectivity index (χ1) is 8.90. The second-order valence-corrected chi connectivity index (χ2v) is 6.79. The fourth-order valence-electron chi connectivity index (χ4n) is 2.96. The molecule has 1 aromatic heterocycles. The van der Waals surface area contributed by atoms with E-state index >= 15 is 0 Å². The number of hydrogen-bond donors (Lipinski definition) is 1. The summed E-state index contributed by atoms with van der Waals surface area (Å²) in [4.78, 5) is 2.55. The molecule has 0 saturated carbocycles. The summed E-state index contributed by atoms with van der Waals surface area (Å²) in [5.74, 6) is 0. The topological polar surface area (TPSA) is 33.1 Å². The van der Waals surface area contributed by atoms with Crippen LogP contribution in [0.3, 0.4) is 0 Å². The van der Waals surface area contributed by atoms with Crippen LogP contribution in [0.15, 0.2) is 6.20 Å². The van der Waals surface area contributed by atoms with Crippen LogP contribution >= 0.6 is 0 Å². The number of aromatic nitrogens is 2. The summed E-state index contributed by atoms with van der Waals surface area (Å²) < 4.78 is 1.95. The molecule has 0 aliphatic carbocycles. The summed E-state index contributed by atoms with van der Waals surface area (Å²) in [6.07, 6.45) is 4.77. The van der Waals surface area contributed by atoms with E-state index in [1.54, 1.807) is 0 Å². The van der Waals surface area contributed by atoms with Crippen LogP contribution in [0, 0.1) is 0 Å². The Balaban J connectivity index is 2.10. The predicted octanol–water partition coefficient (Wildman–Crippen LogP) is 1.90. The van der Waals surface area contributed by atoms with E-state index < -0.39 is 0 Å². The van der Waals surface area contributed by atoms with Crippen molar-refractivity contribution in [2.75, 3.05) is 20.1 Å². The zero-order chi connectivity index (χ0) is 14.0. The third-order valence-corrected chi connectivity index (χ3v) is 3.92. The number of nitrogens with zero attached hydrogens (tertiary/aromatic N) is 3. The fourth-order valence-corrected chi connectivity index (χ4v) is 2.96. The number of likely N-dealkylation sites (tertiary alicyclic amines) is 1. The van der Waals surface area contributed by atoms with Gasteiger partial charge in [0.05, 0.1) is 5.69 Å². The second kappa shape index (κ2) is 5.63. The number of piperidine rings is 1. The molecule has 1 fully saturated rings. The van der Waals surface area contributed by atoms with Gasteiger partial charge in [0.25, 0.3) is 0 Å². The maximum Gasteiger partial charge on any atom is 0.0722 e. The summed E-state index contributed by atoms with van der Waals surface area (Å²) in [6, 6.07) is 0.642. The first-order valence-corrected chi connectivity index (χ1v) is 7.33. The Morgan fingerprint density at radius 2 is 2.16 bits per heavy atom. The summed E-state index contributed by atoms with van der Waals surface area (Å²) >= 11 is 0. The Kier molecular flexibility index (Phi) is 4.31. The zero-order valence-corrected chi connectivity index (χ0v) is 13.0. The summed E-state index contributed by atoms with van der Waals surface area (Å²) in [6.45, 7) is 10.1. The van der Waals surface area contributed by atoms with Gasteiger partial charge in [0.15, 0.2) is 0 Å². The highest BCUT2D eigenvalue weighted by Crippen LogP contribution is 2.25. The van der Waals surface area contributed by atoms with Crippen LogP contribution in [0.4, 0.5) is 0 Å². The van der Waals surface area contributed by atoms with E-state index in [0.29, 0.717) is 6.04 Å². The van der Waals surface area contributed by atoms with E-state index in [1.165, 1.54) is 30.6 Å². The van der Waals surface area contributed by atoms with Crippen LogP contribution in [0.5, 0.6) is 0 Å². The zero-order valence-electron chi connectivity index (χ0n) is 13.0. The molecule has 0 radical (unpaired) electrons. The SMILES string of the molecule is CNC1CCCN(Cc2cn(C)nc2C(C)(C)C)C1. The molecule has 0 spiro atoms. The Hall–Kier alpha value is -0.870. The standard InChI is InChI=1S/C15H28N4/c1-15(2,3)14-12(9-18(5)17-14)10-19-8-6-7-13(11-19)16-4/h9,13,16H,6-8,10-11H2,1-5H3. The molecule has 2 rings (SSSR count). The molecule has 1 atom stereocenters. The highest BCUT2D eigenvalue weighted by molar-refractivity contribution is 5.24. The van der Waals surface area contributed by atoms with Gasteiger partial charge in [-0.25, -0.2) is 0 Å². The lowest BCUT2D eigenvalue weighted by atomic mass is 9.89. The third-order valence-electron chi connectivity index (χ3n) is 3.92. The van der Waals surface area contributed by atoms with Crippen molar-refractivity contribution in [3.05, 3.63) is 17.5 Å². The maximum atomic E-state index is 4.66. The highest BCUT2D eigenvalue weighted by atomic mass is 15.3. The largest absolute Gasteiger partial charge is 0.316 e. The van der Waals surface area contributed by atoms with E-state index in [9.17, 15) is 0 Å². The van der Waals surface area contributed by atoms with E-state index in [1.807, 2.05) is 11.7 Å². The molecule has 1 aliphatic heterocycles. The Bertz CT molecular complexity index is 416. The smallest absolute Gasteiger partial charge is 0.0722 e. The number of nitrogens with one attached hydrogen (secondary N) is 1. The molecule has 1 aliphatic rings. The highest BCUT2D eigenvalue weighted by Gasteiger charge is 2.25. The Morgan fingerprint density at radius 1 is 1.42 bits per heavy atom. The lowest BCUT2D eigenvalue weighted by Gasteiger charge is -2.32. The lowest BCUT2D eigenvalue weighted by Crippen LogP contribution is -2.44. The maximum absolute atomic E-state index is 4.66. The van der Waals surface area contributed by atoms with Crippen LogP contribution in [-0.4, -0.2) is 40.9 Å². The molecule has 0 aromatic carbocycles. The van der Waals surface area contributed by atoms with Crippen molar-refractivity contribution < 1.29 is 0 Å². The van der Waals surface area contributed by atoms with Crippen LogP contribution in [-0.2, 0) is 19.0 Å². The van der Waals surface area contributed by atoms with Crippen molar-refractivity contribution in [1.29, 1.82) is 0 Å². The molecular weight excluding hydrogens is 236 g/mol. The first kappa shape index (κ1) is 14.5. The van der Waals surface area contributed by atoms with Gasteiger partial charge < -0.3 is 5.32 Å². The quantitative estimate of drug-likeness (QED) is 0.905. The molecule has 4 nitrogen and oxygen atoms in total. The molecule has 19 heavy (non-hydrogen) atoms. The van der Waals surface area contributed by atoms with Crippen molar-refractivity contribution >= 4 is 0 Å². The molecule has 4 heteroatoms. The van der Waals surface area contributed by atoms with Crippen molar-refractivity contribution in [2.24, 2.45) is 7.05 Å². The molecule has 108 valence electrons. The second-order valence-electron chi connectivity index (χ2n) is 6.79. The molecule has 0 amide bonds. The number of likely N-dealkylation sites (N-methyl/N-ethyl adjacent to an activating group) is 1. The molecular formula is C15H28N4. The monoisotopic (exact) mass is 264 g/mol. The molecule has 1 aromatic rings. The van der Waals surface area contributed by atoms with E-state index in [2.05, 4.69) is 49.3 Å². The first-order valence-electron chi connectivity index (χ1n) is 7.33. The summed E-state index contributed by atoms with van der Waals surface area (Å²) in [5.41, 5.74) is 2.74. The van der Waals surface area contributed by atoms with Crippen molar-refractivity contribution in [3.63, 3.8) is 0 Å². The van der Waals surface area contributed by atoms with Gasteiger partial charge in [-0.3, -0.25) is 9.58 Å². The normalized spacial score (nSPS) is 21.8. The Morgan fingerprint density at radius 3 is 2.79 bits per heavy atom. The average Bonchev–Trinajstić information content (AvgIpc) is 2.70. The molecule has 1 saturated heterocycles. The number of rotatable bonds is 3. The summed E-state index contributed by atoms with van der Waals surface area (Å²) in [7, 11) is 4.09. The van der Waals surface area contributed by atoms with Gasteiger partial charge in [-0.1, -0.05) is 20.8 Å². The van der Waals surface area contributed by atoms with Crippen LogP contribution in [0.2, 0.25) is 0 Å². The number of aryl methyl sites for hydroxylation is 1. The van der Waals surface area contributed by atoms with Gasteiger partial charge in [0.2, 0.25) is 0 Å². The van der Waals surface area contributed by atoms with E-state index in [4.69, 9.17) is 0 Å². The fraction of sp³-hybridized carbons (Fsp3) is 0.800. The van der Waals surface area contributed by atoms with Crippen LogP contribution in [0.1, 0.15) is 44.9 Å².